The van der Waals surface area contributed by atoms with Crippen molar-refractivity contribution in [2.75, 3.05) is 6.61 Å². The molecule has 0 amide bonds. The number of nitrogens with zero attached hydrogens (tertiary/aromatic N) is 1. The minimum Gasteiger partial charge on any atom is -0.478 e. The first-order valence-electron chi connectivity index (χ1n) is 4.51. The zero-order valence-electron chi connectivity index (χ0n) is 8.56. The van der Waals surface area contributed by atoms with Crippen LogP contribution in [0.4, 0.5) is 0 Å². The van der Waals surface area contributed by atoms with Crippen LogP contribution in [-0.2, 0) is 9.53 Å². The molecule has 0 fully saturated rings. The molecular weight excluding hydrogens is 210 g/mol. The monoisotopic (exact) mass is 219 g/mol. The number of carboxylic acids is 1. The molecule has 16 heavy (non-hydrogen) atoms. The Hall–Kier alpha value is -2.35. The minimum absolute atomic E-state index is 0.0710. The molecule has 1 N–H and O–H groups in total. The van der Waals surface area contributed by atoms with Crippen LogP contribution in [0.5, 0.6) is 0 Å². The van der Waals surface area contributed by atoms with E-state index in [-0.39, 0.29) is 12.2 Å². The number of carboxylic acid groups (broad SMARTS) is 1. The summed E-state index contributed by atoms with van der Waals surface area (Å²) in [5, 5.41) is 8.61. The van der Waals surface area contributed by atoms with E-state index in [1.54, 1.807) is 6.92 Å². The van der Waals surface area contributed by atoms with Crippen molar-refractivity contribution in [3.63, 3.8) is 0 Å². The highest BCUT2D eigenvalue weighted by molar-refractivity contribution is 5.89. The van der Waals surface area contributed by atoms with E-state index in [0.29, 0.717) is 5.69 Å². The van der Waals surface area contributed by atoms with Gasteiger partial charge >= 0.3 is 11.9 Å². The summed E-state index contributed by atoms with van der Waals surface area (Å²) < 4.78 is 4.59. The van der Waals surface area contributed by atoms with Crippen LogP contribution in [0.1, 0.15) is 23.0 Å². The van der Waals surface area contributed by atoms with E-state index in [0.717, 1.165) is 0 Å². The molecule has 0 saturated heterocycles. The molecule has 5 nitrogen and oxygen atoms in total. The summed E-state index contributed by atoms with van der Waals surface area (Å²) in [5.74, 6) is 3.00. The second-order valence-corrected chi connectivity index (χ2v) is 2.71. The molecule has 0 aliphatic heterocycles. The number of aromatic carboxylic acids is 1. The number of carbonyl (C=O) groups excluding carboxylic acids is 1. The fourth-order valence-corrected chi connectivity index (χ4v) is 0.877. The van der Waals surface area contributed by atoms with Gasteiger partial charge in [-0.05, 0) is 25.0 Å². The van der Waals surface area contributed by atoms with Crippen LogP contribution in [0.15, 0.2) is 18.3 Å². The minimum atomic E-state index is -1.06. The van der Waals surface area contributed by atoms with Gasteiger partial charge in [-0.2, -0.15) is 0 Å². The van der Waals surface area contributed by atoms with Gasteiger partial charge in [0.15, 0.2) is 0 Å². The van der Waals surface area contributed by atoms with Gasteiger partial charge in [0.1, 0.15) is 5.69 Å². The molecule has 0 aliphatic carbocycles. The summed E-state index contributed by atoms with van der Waals surface area (Å²) in [5.41, 5.74) is 0.389. The molecule has 0 aromatic carbocycles. The molecule has 0 aliphatic rings. The van der Waals surface area contributed by atoms with E-state index in [1.807, 2.05) is 0 Å². The van der Waals surface area contributed by atoms with Gasteiger partial charge in [0.2, 0.25) is 0 Å². The third-order valence-electron chi connectivity index (χ3n) is 1.58. The number of rotatable bonds is 2. The SMILES string of the molecule is CCOC(=O)C#Cc1ccc(C(=O)O)cn1. The standard InChI is InChI=1S/C11H9NO4/c1-2-16-10(13)6-5-9-4-3-8(7-12-9)11(14)15/h3-4,7H,2H2,1H3,(H,14,15). The van der Waals surface area contributed by atoms with Crippen molar-refractivity contribution in [3.8, 4) is 11.8 Å². The van der Waals surface area contributed by atoms with Gasteiger partial charge < -0.3 is 9.84 Å². The van der Waals surface area contributed by atoms with Crippen LogP contribution in [-0.4, -0.2) is 28.6 Å². The maximum absolute atomic E-state index is 10.9. The molecule has 0 bridgehead atoms. The number of aromatic nitrogens is 1. The van der Waals surface area contributed by atoms with E-state index >= 15 is 0 Å². The average molecular weight is 219 g/mol. The molecule has 1 rings (SSSR count). The molecule has 0 saturated carbocycles. The molecule has 1 aromatic heterocycles. The van der Waals surface area contributed by atoms with Crippen LogP contribution in [0.3, 0.4) is 0 Å². The second kappa shape index (κ2) is 5.51. The lowest BCUT2D eigenvalue weighted by Gasteiger charge is -1.93. The highest BCUT2D eigenvalue weighted by atomic mass is 16.5. The molecule has 0 radical (unpaired) electrons. The quantitative estimate of drug-likeness (QED) is 0.585. The molecule has 0 unspecified atom stereocenters. The Balaban J connectivity index is 2.75. The van der Waals surface area contributed by atoms with E-state index in [1.165, 1.54) is 18.3 Å². The molecule has 1 aromatic rings. The molecule has 82 valence electrons. The van der Waals surface area contributed by atoms with Crippen LogP contribution in [0, 0.1) is 11.8 Å². The third-order valence-corrected chi connectivity index (χ3v) is 1.58. The Morgan fingerprint density at radius 2 is 2.25 bits per heavy atom. The van der Waals surface area contributed by atoms with Gasteiger partial charge in [0, 0.05) is 12.1 Å². The number of carbonyl (C=O) groups is 2. The van der Waals surface area contributed by atoms with Crippen molar-refractivity contribution in [3.05, 3.63) is 29.6 Å². The molecular formula is C11H9NO4. The summed E-state index contributed by atoms with van der Waals surface area (Å²) in [6.45, 7) is 1.94. The summed E-state index contributed by atoms with van der Waals surface area (Å²) in [6, 6.07) is 2.79. The Morgan fingerprint density at radius 3 is 2.75 bits per heavy atom. The first-order chi connectivity index (χ1) is 7.63. The number of pyridine rings is 1. The topological polar surface area (TPSA) is 76.5 Å². The Labute approximate surface area is 92.1 Å². The van der Waals surface area contributed by atoms with Crippen LogP contribution in [0.25, 0.3) is 0 Å². The molecule has 0 spiro atoms. The maximum atomic E-state index is 10.9. The third kappa shape index (κ3) is 3.42. The maximum Gasteiger partial charge on any atom is 0.384 e. The van der Waals surface area contributed by atoms with Gasteiger partial charge in [0.05, 0.1) is 12.2 Å². The molecule has 5 heteroatoms. The molecule has 1 heterocycles. The van der Waals surface area contributed by atoms with Gasteiger partial charge in [-0.15, -0.1) is 0 Å². The highest BCUT2D eigenvalue weighted by Gasteiger charge is 2.01. The normalized spacial score (nSPS) is 8.81. The van der Waals surface area contributed by atoms with E-state index < -0.39 is 11.9 Å². The van der Waals surface area contributed by atoms with Gasteiger partial charge in [-0.25, -0.2) is 14.6 Å². The number of ether oxygens (including phenoxy) is 1. The van der Waals surface area contributed by atoms with Gasteiger partial charge in [0.25, 0.3) is 0 Å². The van der Waals surface area contributed by atoms with Crippen molar-refractivity contribution in [1.82, 2.24) is 4.98 Å². The van der Waals surface area contributed by atoms with Crippen molar-refractivity contribution in [2.24, 2.45) is 0 Å². The predicted molar refractivity (Wildman–Crippen MR) is 54.7 cm³/mol. The first-order valence-corrected chi connectivity index (χ1v) is 4.51. The summed E-state index contributed by atoms with van der Waals surface area (Å²) >= 11 is 0. The van der Waals surface area contributed by atoms with Crippen LogP contribution in [0.2, 0.25) is 0 Å². The summed E-state index contributed by atoms with van der Waals surface area (Å²) in [7, 11) is 0. The smallest absolute Gasteiger partial charge is 0.384 e. The Morgan fingerprint density at radius 1 is 1.50 bits per heavy atom. The Bertz CT molecular complexity index is 453. The fourth-order valence-electron chi connectivity index (χ4n) is 0.877. The summed E-state index contributed by atoms with van der Waals surface area (Å²) in [6.07, 6.45) is 1.18. The Kier molecular flexibility index (Phi) is 4.04. The van der Waals surface area contributed by atoms with Crippen molar-refractivity contribution >= 4 is 11.9 Å². The van der Waals surface area contributed by atoms with Crippen LogP contribution < -0.4 is 0 Å². The average Bonchev–Trinajstić information content (AvgIpc) is 2.27. The largest absolute Gasteiger partial charge is 0.478 e. The number of hydrogen-bond donors (Lipinski definition) is 1. The van der Waals surface area contributed by atoms with Crippen molar-refractivity contribution < 1.29 is 19.4 Å². The first kappa shape index (κ1) is 11.7. The zero-order valence-corrected chi connectivity index (χ0v) is 8.56. The fraction of sp³-hybridized carbons (Fsp3) is 0.182. The van der Waals surface area contributed by atoms with E-state index in [4.69, 9.17) is 5.11 Å². The lowest BCUT2D eigenvalue weighted by molar-refractivity contribution is -0.136. The van der Waals surface area contributed by atoms with Gasteiger partial charge in [-0.3, -0.25) is 0 Å². The van der Waals surface area contributed by atoms with Crippen molar-refractivity contribution in [2.45, 2.75) is 6.92 Å². The lowest BCUT2D eigenvalue weighted by atomic mass is 10.2. The number of esters is 1. The van der Waals surface area contributed by atoms with E-state index in [9.17, 15) is 9.59 Å². The highest BCUT2D eigenvalue weighted by Crippen LogP contribution is 1.98. The summed E-state index contributed by atoms with van der Waals surface area (Å²) in [4.78, 5) is 25.2. The number of hydrogen-bond acceptors (Lipinski definition) is 4. The molecule has 0 atom stereocenters. The lowest BCUT2D eigenvalue weighted by Crippen LogP contribution is -2.00. The van der Waals surface area contributed by atoms with Gasteiger partial charge in [-0.1, -0.05) is 0 Å². The predicted octanol–water partition coefficient (Wildman–Crippen LogP) is 0.694. The zero-order chi connectivity index (χ0) is 12.0. The van der Waals surface area contributed by atoms with E-state index in [2.05, 4.69) is 21.6 Å². The van der Waals surface area contributed by atoms with Crippen molar-refractivity contribution in [1.29, 1.82) is 0 Å². The van der Waals surface area contributed by atoms with Crippen LogP contribution >= 0.6 is 0 Å². The second-order valence-electron chi connectivity index (χ2n) is 2.71.